The minimum Gasteiger partial charge on any atom is -0.395 e. The number of thiazole rings is 1. The number of nitrogens with zero attached hydrogens (tertiary/aromatic N) is 2. The van der Waals surface area contributed by atoms with Gasteiger partial charge in [0.25, 0.3) is 0 Å². The van der Waals surface area contributed by atoms with Crippen molar-refractivity contribution in [3.8, 4) is 0 Å². The summed E-state index contributed by atoms with van der Waals surface area (Å²) in [7, 11) is 0. The van der Waals surface area contributed by atoms with Crippen molar-refractivity contribution in [1.29, 1.82) is 0 Å². The monoisotopic (exact) mass is 323 g/mol. The van der Waals surface area contributed by atoms with E-state index < -0.39 is 0 Å². The van der Waals surface area contributed by atoms with Gasteiger partial charge in [0.2, 0.25) is 0 Å². The number of aliphatic hydroxyl groups is 1. The van der Waals surface area contributed by atoms with Crippen LogP contribution in [0.3, 0.4) is 0 Å². The van der Waals surface area contributed by atoms with Gasteiger partial charge < -0.3 is 10.0 Å². The number of urea groups is 1. The quantitative estimate of drug-likeness (QED) is 0.859. The number of benzene rings is 1. The number of hydrogen-bond donors (Lipinski definition) is 2. The fourth-order valence-corrected chi connectivity index (χ4v) is 2.83. The lowest BCUT2D eigenvalue weighted by molar-refractivity contribution is 0.192. The predicted octanol–water partition coefficient (Wildman–Crippen LogP) is 2.72. The van der Waals surface area contributed by atoms with E-state index in [9.17, 15) is 9.18 Å². The zero-order valence-electron chi connectivity index (χ0n) is 12.3. The first kappa shape index (κ1) is 16.4. The molecule has 2 amide bonds. The number of aliphatic hydroxyl groups excluding tert-OH is 1. The summed E-state index contributed by atoms with van der Waals surface area (Å²) in [4.78, 5) is 18.6. The molecule has 0 bridgehead atoms. The molecule has 0 aliphatic carbocycles. The van der Waals surface area contributed by atoms with Crippen molar-refractivity contribution in [3.63, 3.8) is 0 Å². The molecule has 1 aromatic heterocycles. The van der Waals surface area contributed by atoms with Crippen LogP contribution in [0.15, 0.2) is 30.5 Å². The minimum absolute atomic E-state index is 0.0794. The number of rotatable bonds is 6. The first-order chi connectivity index (χ1) is 10.6. The van der Waals surface area contributed by atoms with Crippen molar-refractivity contribution in [2.24, 2.45) is 0 Å². The number of likely N-dealkylation sites (N-methyl/N-ethyl adjacent to an activating group) is 1. The third-order valence-corrected chi connectivity index (χ3v) is 3.99. The molecule has 0 fully saturated rings. The zero-order valence-corrected chi connectivity index (χ0v) is 13.1. The van der Waals surface area contributed by atoms with E-state index in [1.165, 1.54) is 28.4 Å². The Kier molecular flexibility index (Phi) is 5.85. The van der Waals surface area contributed by atoms with Gasteiger partial charge in [-0.15, -0.1) is 11.3 Å². The zero-order chi connectivity index (χ0) is 15.9. The summed E-state index contributed by atoms with van der Waals surface area (Å²) in [6.45, 7) is 2.55. The topological polar surface area (TPSA) is 65.5 Å². The van der Waals surface area contributed by atoms with Gasteiger partial charge in [-0.25, -0.2) is 14.2 Å². The minimum atomic E-state index is -0.289. The molecule has 2 N–H and O–H groups in total. The standard InChI is InChI=1S/C15H18FN3O2S/c1-2-19(6-7-20)15(21)18-14-17-10-13(22-14)9-11-4-3-5-12(16)8-11/h3-5,8,10,20H,2,6-7,9H2,1H3,(H,17,18,21). The van der Waals surface area contributed by atoms with Gasteiger partial charge >= 0.3 is 6.03 Å². The summed E-state index contributed by atoms with van der Waals surface area (Å²) in [5, 5.41) is 12.1. The highest BCUT2D eigenvalue weighted by molar-refractivity contribution is 7.15. The fourth-order valence-electron chi connectivity index (χ4n) is 1.99. The summed E-state index contributed by atoms with van der Waals surface area (Å²) in [5.41, 5.74) is 0.858. The molecule has 1 aromatic carbocycles. The largest absolute Gasteiger partial charge is 0.395 e. The van der Waals surface area contributed by atoms with Crippen LogP contribution in [0.1, 0.15) is 17.4 Å². The molecule has 0 radical (unpaired) electrons. The average molecular weight is 323 g/mol. The van der Waals surface area contributed by atoms with Crippen LogP contribution < -0.4 is 5.32 Å². The van der Waals surface area contributed by atoms with Crippen molar-refractivity contribution in [2.75, 3.05) is 25.0 Å². The maximum Gasteiger partial charge on any atom is 0.323 e. The van der Waals surface area contributed by atoms with Crippen LogP contribution in [0, 0.1) is 5.82 Å². The second kappa shape index (κ2) is 7.86. The van der Waals surface area contributed by atoms with Gasteiger partial charge in [0.15, 0.2) is 5.13 Å². The molecule has 0 aliphatic heterocycles. The average Bonchev–Trinajstić information content (AvgIpc) is 2.91. The molecule has 0 saturated heterocycles. The molecule has 0 unspecified atom stereocenters. The normalized spacial score (nSPS) is 10.5. The Hall–Kier alpha value is -1.99. The van der Waals surface area contributed by atoms with E-state index in [0.717, 1.165) is 10.4 Å². The summed E-state index contributed by atoms with van der Waals surface area (Å²) in [5.74, 6) is -0.266. The van der Waals surface area contributed by atoms with E-state index in [2.05, 4.69) is 10.3 Å². The summed E-state index contributed by atoms with van der Waals surface area (Å²) in [6.07, 6.45) is 2.24. The number of halogens is 1. The third kappa shape index (κ3) is 4.51. The van der Waals surface area contributed by atoms with Crippen LogP contribution in [-0.4, -0.2) is 40.7 Å². The molecule has 0 atom stereocenters. The Morgan fingerprint density at radius 1 is 1.50 bits per heavy atom. The van der Waals surface area contributed by atoms with Gasteiger partial charge in [-0.3, -0.25) is 5.32 Å². The Labute approximate surface area is 132 Å². The number of amides is 2. The molecular formula is C15H18FN3O2S. The summed E-state index contributed by atoms with van der Waals surface area (Å²) < 4.78 is 13.2. The lowest BCUT2D eigenvalue weighted by Crippen LogP contribution is -2.36. The van der Waals surface area contributed by atoms with Crippen molar-refractivity contribution in [1.82, 2.24) is 9.88 Å². The van der Waals surface area contributed by atoms with Crippen LogP contribution in [0.25, 0.3) is 0 Å². The number of carbonyl (C=O) groups excluding carboxylic acids is 1. The van der Waals surface area contributed by atoms with Crippen molar-refractivity contribution in [3.05, 3.63) is 46.7 Å². The molecule has 0 spiro atoms. The van der Waals surface area contributed by atoms with E-state index in [1.54, 1.807) is 12.3 Å². The van der Waals surface area contributed by atoms with Gasteiger partial charge in [0.05, 0.1) is 6.61 Å². The molecule has 2 aromatic rings. The molecule has 0 saturated carbocycles. The molecule has 118 valence electrons. The highest BCUT2D eigenvalue weighted by atomic mass is 32.1. The molecule has 2 rings (SSSR count). The van der Waals surface area contributed by atoms with Crippen molar-refractivity contribution >= 4 is 22.5 Å². The van der Waals surface area contributed by atoms with Crippen molar-refractivity contribution < 1.29 is 14.3 Å². The summed E-state index contributed by atoms with van der Waals surface area (Å²) in [6, 6.07) is 6.12. The van der Waals surface area contributed by atoms with Gasteiger partial charge in [0.1, 0.15) is 5.82 Å². The second-order valence-electron chi connectivity index (χ2n) is 4.67. The molecule has 5 nitrogen and oxygen atoms in total. The van der Waals surface area contributed by atoms with Gasteiger partial charge in [-0.2, -0.15) is 0 Å². The Balaban J connectivity index is 1.98. The predicted molar refractivity (Wildman–Crippen MR) is 84.7 cm³/mol. The fraction of sp³-hybridized carbons (Fsp3) is 0.333. The molecule has 0 aliphatic rings. The highest BCUT2D eigenvalue weighted by Gasteiger charge is 2.13. The highest BCUT2D eigenvalue weighted by Crippen LogP contribution is 2.21. The number of nitrogens with one attached hydrogen (secondary N) is 1. The molecule has 7 heteroatoms. The Morgan fingerprint density at radius 3 is 3.00 bits per heavy atom. The maximum atomic E-state index is 13.2. The van der Waals surface area contributed by atoms with Gasteiger partial charge in [-0.1, -0.05) is 12.1 Å². The molecular weight excluding hydrogens is 305 g/mol. The van der Waals surface area contributed by atoms with Crippen LogP contribution in [-0.2, 0) is 6.42 Å². The smallest absolute Gasteiger partial charge is 0.323 e. The molecule has 1 heterocycles. The lowest BCUT2D eigenvalue weighted by atomic mass is 10.1. The number of hydrogen-bond acceptors (Lipinski definition) is 4. The van der Waals surface area contributed by atoms with E-state index in [1.807, 2.05) is 13.0 Å². The SMILES string of the molecule is CCN(CCO)C(=O)Nc1ncc(Cc2cccc(F)c2)s1. The second-order valence-corrected chi connectivity index (χ2v) is 5.79. The van der Waals surface area contributed by atoms with E-state index >= 15 is 0 Å². The summed E-state index contributed by atoms with van der Waals surface area (Å²) >= 11 is 1.35. The first-order valence-corrected chi connectivity index (χ1v) is 7.80. The van der Waals surface area contributed by atoms with Gasteiger partial charge in [0, 0.05) is 30.6 Å². The van der Waals surface area contributed by atoms with Gasteiger partial charge in [-0.05, 0) is 24.6 Å². The lowest BCUT2D eigenvalue weighted by Gasteiger charge is -2.19. The van der Waals surface area contributed by atoms with Crippen molar-refractivity contribution in [2.45, 2.75) is 13.3 Å². The van der Waals surface area contributed by atoms with E-state index in [-0.39, 0.29) is 25.0 Å². The van der Waals surface area contributed by atoms with Crippen LogP contribution in [0.2, 0.25) is 0 Å². The van der Waals surface area contributed by atoms with Crippen LogP contribution in [0.4, 0.5) is 14.3 Å². The third-order valence-electron chi connectivity index (χ3n) is 3.07. The first-order valence-electron chi connectivity index (χ1n) is 6.98. The maximum absolute atomic E-state index is 13.2. The number of anilines is 1. The van der Waals surface area contributed by atoms with E-state index in [4.69, 9.17) is 5.11 Å². The number of aromatic nitrogens is 1. The van der Waals surface area contributed by atoms with Crippen LogP contribution >= 0.6 is 11.3 Å². The Bertz CT molecular complexity index is 633. The number of carbonyl (C=O) groups is 1. The van der Waals surface area contributed by atoms with E-state index in [0.29, 0.717) is 18.1 Å². The van der Waals surface area contributed by atoms with Crippen LogP contribution in [0.5, 0.6) is 0 Å². The Morgan fingerprint density at radius 2 is 2.32 bits per heavy atom. The molecule has 22 heavy (non-hydrogen) atoms.